The summed E-state index contributed by atoms with van der Waals surface area (Å²) in [6, 6.07) is 18.6. The van der Waals surface area contributed by atoms with Crippen LogP contribution in [0.25, 0.3) is 11.1 Å². The highest BCUT2D eigenvalue weighted by Crippen LogP contribution is 2.23. The summed E-state index contributed by atoms with van der Waals surface area (Å²) in [5.74, 6) is 0. The van der Waals surface area contributed by atoms with E-state index in [1.165, 1.54) is 5.56 Å². The molecule has 0 nitrogen and oxygen atoms in total. The van der Waals surface area contributed by atoms with Crippen LogP contribution in [0, 0.1) is 0 Å². The molecule has 2 aromatic rings. The molecule has 0 radical (unpaired) electrons. The number of rotatable bonds is 3. The van der Waals surface area contributed by atoms with Gasteiger partial charge in [-0.25, -0.2) is 0 Å². The summed E-state index contributed by atoms with van der Waals surface area (Å²) in [6.45, 7) is 10.2. The van der Waals surface area contributed by atoms with Crippen LogP contribution in [-0.4, -0.2) is 0 Å². The maximum absolute atomic E-state index is 4.17. The second-order valence-corrected chi connectivity index (χ2v) is 4.21. The molecule has 0 saturated carbocycles. The summed E-state index contributed by atoms with van der Waals surface area (Å²) >= 11 is 0. The molecule has 0 aromatic heterocycles. The van der Waals surface area contributed by atoms with Crippen LogP contribution in [0.4, 0.5) is 0 Å². The largest absolute Gasteiger partial charge is 0.0955 e. The molecule has 84 valence electrons. The second kappa shape index (κ2) is 4.84. The van der Waals surface area contributed by atoms with Crippen molar-refractivity contribution in [3.8, 4) is 0 Å². The van der Waals surface area contributed by atoms with E-state index >= 15 is 0 Å². The first-order chi connectivity index (χ1) is 8.18. The third kappa shape index (κ3) is 2.54. The smallest absolute Gasteiger partial charge is 0.0178 e. The summed E-state index contributed by atoms with van der Waals surface area (Å²) in [5.41, 5.74) is 5.60. The zero-order valence-corrected chi connectivity index (χ0v) is 10.1. The summed E-state index contributed by atoms with van der Waals surface area (Å²) in [6.07, 6.45) is 0. The van der Waals surface area contributed by atoms with Crippen LogP contribution >= 0.6 is 0 Å². The Labute approximate surface area is 103 Å². The fourth-order valence-electron chi connectivity index (χ4n) is 1.78. The number of hydrogen-bond donors (Lipinski definition) is 0. The van der Waals surface area contributed by atoms with Crippen LogP contribution in [0.2, 0.25) is 0 Å². The molecule has 0 N–H and O–H groups in total. The van der Waals surface area contributed by atoms with Crippen molar-refractivity contribution in [1.29, 1.82) is 0 Å². The number of hydrogen-bond acceptors (Lipinski definition) is 0. The minimum atomic E-state index is 1.05. The highest BCUT2D eigenvalue weighted by molar-refractivity contribution is 5.79. The predicted octanol–water partition coefficient (Wildman–Crippen LogP) is 4.78. The van der Waals surface area contributed by atoms with Gasteiger partial charge in [-0.3, -0.25) is 0 Å². The first kappa shape index (κ1) is 11.4. The van der Waals surface area contributed by atoms with Crippen molar-refractivity contribution in [1.82, 2.24) is 0 Å². The van der Waals surface area contributed by atoms with Crippen LogP contribution < -0.4 is 0 Å². The Bertz CT molecular complexity index is 547. The zero-order chi connectivity index (χ0) is 12.3. The van der Waals surface area contributed by atoms with Gasteiger partial charge in [-0.1, -0.05) is 67.3 Å². The van der Waals surface area contributed by atoms with Crippen molar-refractivity contribution < 1.29 is 0 Å². The highest BCUT2D eigenvalue weighted by Gasteiger charge is 2.02. The summed E-state index contributed by atoms with van der Waals surface area (Å²) in [5, 5.41) is 0. The molecule has 0 aliphatic rings. The normalized spacial score (nSPS) is 9.94. The molecule has 0 aliphatic carbocycles. The van der Waals surface area contributed by atoms with Gasteiger partial charge in [0.15, 0.2) is 0 Å². The van der Waals surface area contributed by atoms with E-state index < -0.39 is 0 Å². The lowest BCUT2D eigenvalue weighted by molar-refractivity contribution is 1.51. The summed E-state index contributed by atoms with van der Waals surface area (Å²) < 4.78 is 0. The Morgan fingerprint density at radius 2 is 1.35 bits per heavy atom. The fraction of sp³-hybridized carbons (Fsp3) is 0.0588. The standard InChI is InChI=1S/C17H16/c1-13(2)16-10-7-11-17(12-16)14(3)15-8-5-4-6-9-15/h4-12H,1,3H2,2H3. The lowest BCUT2D eigenvalue weighted by Crippen LogP contribution is -1.87. The maximum Gasteiger partial charge on any atom is -0.0178 e. The average Bonchev–Trinajstić information content (AvgIpc) is 2.39. The van der Waals surface area contributed by atoms with E-state index in [0.717, 1.165) is 22.3 Å². The van der Waals surface area contributed by atoms with Crippen LogP contribution in [0.1, 0.15) is 23.6 Å². The van der Waals surface area contributed by atoms with Crippen molar-refractivity contribution in [2.24, 2.45) is 0 Å². The van der Waals surface area contributed by atoms with Gasteiger partial charge in [0.1, 0.15) is 0 Å². The zero-order valence-electron chi connectivity index (χ0n) is 10.1. The van der Waals surface area contributed by atoms with E-state index in [-0.39, 0.29) is 0 Å². The van der Waals surface area contributed by atoms with Gasteiger partial charge in [0.25, 0.3) is 0 Å². The lowest BCUT2D eigenvalue weighted by atomic mass is 9.96. The molecule has 0 saturated heterocycles. The molecule has 0 atom stereocenters. The lowest BCUT2D eigenvalue weighted by Gasteiger charge is -2.08. The highest BCUT2D eigenvalue weighted by atomic mass is 14.1. The molecule has 0 heterocycles. The van der Waals surface area contributed by atoms with Crippen molar-refractivity contribution >= 4 is 11.1 Å². The van der Waals surface area contributed by atoms with Gasteiger partial charge < -0.3 is 0 Å². The minimum absolute atomic E-state index is 1.05. The maximum atomic E-state index is 4.17. The quantitative estimate of drug-likeness (QED) is 0.698. The Balaban J connectivity index is 2.38. The summed E-state index contributed by atoms with van der Waals surface area (Å²) in [4.78, 5) is 0. The Morgan fingerprint density at radius 3 is 2.00 bits per heavy atom. The van der Waals surface area contributed by atoms with Crippen molar-refractivity contribution in [3.05, 3.63) is 84.4 Å². The number of benzene rings is 2. The molecule has 2 rings (SSSR count). The molecule has 0 spiro atoms. The number of allylic oxidation sites excluding steroid dienone is 1. The molecule has 0 heteroatoms. The monoisotopic (exact) mass is 220 g/mol. The Kier molecular flexibility index (Phi) is 3.24. The fourth-order valence-corrected chi connectivity index (χ4v) is 1.78. The minimum Gasteiger partial charge on any atom is -0.0955 e. The molecule has 2 aromatic carbocycles. The van der Waals surface area contributed by atoms with E-state index in [1.807, 2.05) is 31.2 Å². The molecule has 0 unspecified atom stereocenters. The van der Waals surface area contributed by atoms with Crippen LogP contribution in [0.3, 0.4) is 0 Å². The SMILES string of the molecule is C=C(C)c1cccc(C(=C)c2ccccc2)c1. The molecule has 0 bridgehead atoms. The molecule has 0 amide bonds. The Hall–Kier alpha value is -2.08. The third-order valence-corrected chi connectivity index (χ3v) is 2.83. The first-order valence-corrected chi connectivity index (χ1v) is 5.69. The van der Waals surface area contributed by atoms with Crippen molar-refractivity contribution in [2.45, 2.75) is 6.92 Å². The average molecular weight is 220 g/mol. The van der Waals surface area contributed by atoms with Crippen LogP contribution in [0.15, 0.2) is 67.8 Å². The molecular weight excluding hydrogens is 204 g/mol. The van der Waals surface area contributed by atoms with Gasteiger partial charge in [-0.2, -0.15) is 0 Å². The van der Waals surface area contributed by atoms with Crippen molar-refractivity contribution in [2.75, 3.05) is 0 Å². The summed E-state index contributed by atoms with van der Waals surface area (Å²) in [7, 11) is 0. The van der Waals surface area contributed by atoms with E-state index in [9.17, 15) is 0 Å². The van der Waals surface area contributed by atoms with Gasteiger partial charge >= 0.3 is 0 Å². The van der Waals surface area contributed by atoms with Crippen molar-refractivity contribution in [3.63, 3.8) is 0 Å². The van der Waals surface area contributed by atoms with E-state index in [2.05, 4.69) is 43.5 Å². The first-order valence-electron chi connectivity index (χ1n) is 5.69. The van der Waals surface area contributed by atoms with E-state index in [4.69, 9.17) is 0 Å². The van der Waals surface area contributed by atoms with Crippen LogP contribution in [-0.2, 0) is 0 Å². The molecule has 0 fully saturated rings. The van der Waals surface area contributed by atoms with Gasteiger partial charge in [-0.05, 0) is 35.3 Å². The van der Waals surface area contributed by atoms with Crippen LogP contribution in [0.5, 0.6) is 0 Å². The third-order valence-electron chi connectivity index (χ3n) is 2.83. The van der Waals surface area contributed by atoms with E-state index in [1.54, 1.807) is 0 Å². The predicted molar refractivity (Wildman–Crippen MR) is 75.7 cm³/mol. The second-order valence-electron chi connectivity index (χ2n) is 4.21. The van der Waals surface area contributed by atoms with Gasteiger partial charge in [0.05, 0.1) is 0 Å². The Morgan fingerprint density at radius 1 is 0.765 bits per heavy atom. The topological polar surface area (TPSA) is 0 Å². The van der Waals surface area contributed by atoms with Gasteiger partial charge in [-0.15, -0.1) is 0 Å². The van der Waals surface area contributed by atoms with Gasteiger partial charge in [0, 0.05) is 0 Å². The molecular formula is C17H16. The molecule has 0 aliphatic heterocycles. The van der Waals surface area contributed by atoms with Gasteiger partial charge in [0.2, 0.25) is 0 Å². The molecule has 17 heavy (non-hydrogen) atoms. The van der Waals surface area contributed by atoms with E-state index in [0.29, 0.717) is 0 Å².